The van der Waals surface area contributed by atoms with Gasteiger partial charge in [-0.1, -0.05) is 34.6 Å². The SMILES string of the molecule is CCC1NC(CC(C)C)C(=O)N1CC(C)C. The van der Waals surface area contributed by atoms with E-state index in [1.54, 1.807) is 0 Å². The van der Waals surface area contributed by atoms with Crippen LogP contribution in [0.4, 0.5) is 0 Å². The van der Waals surface area contributed by atoms with Gasteiger partial charge in [-0.25, -0.2) is 0 Å². The van der Waals surface area contributed by atoms with Crippen molar-refractivity contribution in [1.82, 2.24) is 10.2 Å². The van der Waals surface area contributed by atoms with Crippen molar-refractivity contribution in [3.8, 4) is 0 Å². The van der Waals surface area contributed by atoms with E-state index in [0.29, 0.717) is 17.7 Å². The van der Waals surface area contributed by atoms with Gasteiger partial charge in [0.05, 0.1) is 12.2 Å². The fourth-order valence-electron chi connectivity index (χ4n) is 2.34. The first-order valence-electron chi connectivity index (χ1n) is 6.52. The lowest BCUT2D eigenvalue weighted by Gasteiger charge is -2.24. The van der Waals surface area contributed by atoms with E-state index in [1.165, 1.54) is 0 Å². The van der Waals surface area contributed by atoms with E-state index in [1.807, 2.05) is 4.90 Å². The van der Waals surface area contributed by atoms with Gasteiger partial charge in [0.2, 0.25) is 5.91 Å². The number of carbonyl (C=O) groups excluding carboxylic acids is 1. The Labute approximate surface area is 99.6 Å². The Morgan fingerprint density at radius 1 is 1.25 bits per heavy atom. The van der Waals surface area contributed by atoms with Crippen LogP contribution in [0.3, 0.4) is 0 Å². The van der Waals surface area contributed by atoms with Gasteiger partial charge in [-0.15, -0.1) is 0 Å². The van der Waals surface area contributed by atoms with Gasteiger partial charge < -0.3 is 4.90 Å². The van der Waals surface area contributed by atoms with E-state index in [0.717, 1.165) is 19.4 Å². The third-order valence-electron chi connectivity index (χ3n) is 3.01. The number of carbonyl (C=O) groups is 1. The summed E-state index contributed by atoms with van der Waals surface area (Å²) in [6.07, 6.45) is 2.19. The topological polar surface area (TPSA) is 32.3 Å². The second-order valence-electron chi connectivity index (χ2n) is 5.66. The van der Waals surface area contributed by atoms with E-state index in [9.17, 15) is 4.79 Å². The minimum atomic E-state index is 0.0451. The van der Waals surface area contributed by atoms with E-state index in [4.69, 9.17) is 0 Å². The molecular formula is C13H26N2O. The molecule has 1 fully saturated rings. The maximum Gasteiger partial charge on any atom is 0.241 e. The van der Waals surface area contributed by atoms with Crippen LogP contribution in [0.2, 0.25) is 0 Å². The van der Waals surface area contributed by atoms with Gasteiger partial charge >= 0.3 is 0 Å². The van der Waals surface area contributed by atoms with Crippen molar-refractivity contribution >= 4 is 5.91 Å². The van der Waals surface area contributed by atoms with Crippen molar-refractivity contribution in [2.24, 2.45) is 11.8 Å². The summed E-state index contributed by atoms with van der Waals surface area (Å²) in [6, 6.07) is 0.0451. The lowest BCUT2D eigenvalue weighted by Crippen LogP contribution is -2.39. The molecule has 0 bridgehead atoms. The lowest BCUT2D eigenvalue weighted by molar-refractivity contribution is -0.130. The number of hydrogen-bond acceptors (Lipinski definition) is 2. The molecule has 0 spiro atoms. The number of hydrogen-bond donors (Lipinski definition) is 1. The van der Waals surface area contributed by atoms with E-state index < -0.39 is 0 Å². The smallest absolute Gasteiger partial charge is 0.241 e. The van der Waals surface area contributed by atoms with Crippen LogP contribution < -0.4 is 5.32 Å². The van der Waals surface area contributed by atoms with E-state index in [2.05, 4.69) is 39.9 Å². The number of rotatable bonds is 5. The highest BCUT2D eigenvalue weighted by atomic mass is 16.2. The molecule has 2 unspecified atom stereocenters. The normalized spacial score (nSPS) is 26.2. The highest BCUT2D eigenvalue weighted by Gasteiger charge is 2.37. The number of nitrogens with zero attached hydrogens (tertiary/aromatic N) is 1. The number of amides is 1. The fourth-order valence-corrected chi connectivity index (χ4v) is 2.34. The standard InChI is InChI=1S/C13H26N2O/c1-6-12-14-11(7-9(2)3)13(16)15(12)8-10(4)5/h9-12,14H,6-8H2,1-5H3. The Kier molecular flexibility index (Phi) is 4.78. The Balaban J connectivity index is 2.65. The molecule has 0 aromatic carbocycles. The van der Waals surface area contributed by atoms with Crippen LogP contribution in [-0.2, 0) is 4.79 Å². The lowest BCUT2D eigenvalue weighted by atomic mass is 10.0. The van der Waals surface area contributed by atoms with Gasteiger partial charge in [-0.3, -0.25) is 10.1 Å². The number of nitrogens with one attached hydrogen (secondary N) is 1. The Bertz CT molecular complexity index is 238. The van der Waals surface area contributed by atoms with Crippen molar-refractivity contribution in [3.63, 3.8) is 0 Å². The molecule has 0 aliphatic carbocycles. The highest BCUT2D eigenvalue weighted by molar-refractivity contribution is 5.84. The molecule has 0 radical (unpaired) electrons. The molecule has 1 aliphatic rings. The van der Waals surface area contributed by atoms with Crippen molar-refractivity contribution in [3.05, 3.63) is 0 Å². The summed E-state index contributed by atoms with van der Waals surface area (Å²) < 4.78 is 0. The molecule has 3 nitrogen and oxygen atoms in total. The molecule has 1 aliphatic heterocycles. The van der Waals surface area contributed by atoms with E-state index >= 15 is 0 Å². The molecule has 1 heterocycles. The summed E-state index contributed by atoms with van der Waals surface area (Å²) >= 11 is 0. The Hall–Kier alpha value is -0.570. The zero-order valence-corrected chi connectivity index (χ0v) is 11.3. The molecule has 94 valence electrons. The summed E-state index contributed by atoms with van der Waals surface area (Å²) in [5.41, 5.74) is 0. The summed E-state index contributed by atoms with van der Waals surface area (Å²) in [4.78, 5) is 14.2. The summed E-state index contributed by atoms with van der Waals surface area (Å²) in [5, 5.41) is 3.45. The van der Waals surface area contributed by atoms with Crippen LogP contribution in [0.5, 0.6) is 0 Å². The Morgan fingerprint density at radius 2 is 1.88 bits per heavy atom. The summed E-state index contributed by atoms with van der Waals surface area (Å²) in [6.45, 7) is 11.7. The van der Waals surface area contributed by atoms with Crippen LogP contribution in [0.1, 0.15) is 47.5 Å². The van der Waals surface area contributed by atoms with Gasteiger partial charge in [0, 0.05) is 6.54 Å². The Morgan fingerprint density at radius 3 is 2.31 bits per heavy atom. The molecule has 3 heteroatoms. The van der Waals surface area contributed by atoms with Crippen LogP contribution in [0.15, 0.2) is 0 Å². The predicted octanol–water partition coefficient (Wildman–Crippen LogP) is 2.22. The molecule has 0 saturated carbocycles. The first-order chi connectivity index (χ1) is 7.45. The monoisotopic (exact) mass is 226 g/mol. The molecule has 1 rings (SSSR count). The van der Waals surface area contributed by atoms with Crippen LogP contribution in [0.25, 0.3) is 0 Å². The minimum absolute atomic E-state index is 0.0451. The first kappa shape index (κ1) is 13.5. The van der Waals surface area contributed by atoms with Crippen molar-refractivity contribution in [2.45, 2.75) is 59.7 Å². The first-order valence-corrected chi connectivity index (χ1v) is 6.52. The summed E-state index contributed by atoms with van der Waals surface area (Å²) in [5.74, 6) is 1.41. The van der Waals surface area contributed by atoms with E-state index in [-0.39, 0.29) is 12.2 Å². The molecule has 1 saturated heterocycles. The predicted molar refractivity (Wildman–Crippen MR) is 67.0 cm³/mol. The van der Waals surface area contributed by atoms with Crippen molar-refractivity contribution in [1.29, 1.82) is 0 Å². The summed E-state index contributed by atoms with van der Waals surface area (Å²) in [7, 11) is 0. The third kappa shape index (κ3) is 3.21. The quantitative estimate of drug-likeness (QED) is 0.779. The molecule has 0 aromatic heterocycles. The largest absolute Gasteiger partial charge is 0.326 e. The van der Waals surface area contributed by atoms with Gasteiger partial charge in [0.15, 0.2) is 0 Å². The molecule has 0 aromatic rings. The average Bonchev–Trinajstić information content (AvgIpc) is 2.44. The molecule has 1 amide bonds. The van der Waals surface area contributed by atoms with Crippen molar-refractivity contribution in [2.75, 3.05) is 6.54 Å². The fraction of sp³-hybridized carbons (Fsp3) is 0.923. The minimum Gasteiger partial charge on any atom is -0.326 e. The molecule has 2 atom stereocenters. The maximum atomic E-state index is 12.2. The highest BCUT2D eigenvalue weighted by Crippen LogP contribution is 2.19. The maximum absolute atomic E-state index is 12.2. The molecule has 16 heavy (non-hydrogen) atoms. The van der Waals surface area contributed by atoms with Gasteiger partial charge in [0.1, 0.15) is 0 Å². The van der Waals surface area contributed by atoms with Crippen LogP contribution in [-0.4, -0.2) is 29.6 Å². The van der Waals surface area contributed by atoms with Gasteiger partial charge in [-0.2, -0.15) is 0 Å². The van der Waals surface area contributed by atoms with Gasteiger partial charge in [-0.05, 0) is 24.7 Å². The average molecular weight is 226 g/mol. The second kappa shape index (κ2) is 5.67. The third-order valence-corrected chi connectivity index (χ3v) is 3.01. The van der Waals surface area contributed by atoms with Crippen LogP contribution in [0, 0.1) is 11.8 Å². The van der Waals surface area contributed by atoms with Crippen LogP contribution >= 0.6 is 0 Å². The molecular weight excluding hydrogens is 200 g/mol. The zero-order valence-electron chi connectivity index (χ0n) is 11.3. The molecule has 1 N–H and O–H groups in total. The zero-order chi connectivity index (χ0) is 12.3. The van der Waals surface area contributed by atoms with Crippen molar-refractivity contribution < 1.29 is 4.79 Å². The second-order valence-corrected chi connectivity index (χ2v) is 5.66. The van der Waals surface area contributed by atoms with Gasteiger partial charge in [0.25, 0.3) is 0 Å².